The number of nitrogens with zero attached hydrogens (tertiary/aromatic N) is 3. The number of thioether (sulfide) groups is 1. The van der Waals surface area contributed by atoms with Crippen molar-refractivity contribution in [2.45, 2.75) is 4.90 Å². The molecule has 1 heterocycles. The average molecular weight is 297 g/mol. The second kappa shape index (κ2) is 5.85. The van der Waals surface area contributed by atoms with Gasteiger partial charge in [-0.1, -0.05) is 23.7 Å². The van der Waals surface area contributed by atoms with E-state index >= 15 is 0 Å². The highest BCUT2D eigenvalue weighted by atomic mass is 35.5. The third kappa shape index (κ3) is 2.94. The van der Waals surface area contributed by atoms with E-state index < -0.39 is 4.92 Å². The number of hydrogen-bond donors (Lipinski definition) is 1. The van der Waals surface area contributed by atoms with Crippen LogP contribution >= 0.6 is 23.4 Å². The molecule has 2 aromatic rings. The van der Waals surface area contributed by atoms with E-state index in [1.165, 1.54) is 18.1 Å². The molecule has 0 aliphatic heterocycles. The maximum absolute atomic E-state index is 11.0. The van der Waals surface area contributed by atoms with E-state index in [0.29, 0.717) is 0 Å². The third-order valence-corrected chi connectivity index (χ3v) is 3.39. The monoisotopic (exact) mass is 296 g/mol. The van der Waals surface area contributed by atoms with Crippen molar-refractivity contribution >= 4 is 40.6 Å². The van der Waals surface area contributed by atoms with Crippen LogP contribution in [0.2, 0.25) is 5.15 Å². The van der Waals surface area contributed by atoms with Crippen LogP contribution in [0.3, 0.4) is 0 Å². The van der Waals surface area contributed by atoms with Gasteiger partial charge in [-0.2, -0.15) is 0 Å². The van der Waals surface area contributed by atoms with Gasteiger partial charge in [0, 0.05) is 4.90 Å². The van der Waals surface area contributed by atoms with Gasteiger partial charge in [0.1, 0.15) is 6.33 Å². The van der Waals surface area contributed by atoms with Crippen LogP contribution in [0.1, 0.15) is 0 Å². The van der Waals surface area contributed by atoms with Gasteiger partial charge in [0.2, 0.25) is 11.0 Å². The summed E-state index contributed by atoms with van der Waals surface area (Å²) in [6.45, 7) is 0. The topological polar surface area (TPSA) is 81.0 Å². The van der Waals surface area contributed by atoms with Crippen molar-refractivity contribution in [3.05, 3.63) is 45.9 Å². The maximum Gasteiger partial charge on any atom is 0.348 e. The number of nitro groups is 1. The fraction of sp³-hybridized carbons (Fsp3) is 0.0909. The lowest BCUT2D eigenvalue weighted by molar-refractivity contribution is -0.384. The smallest absolute Gasteiger partial charge is 0.333 e. The fourth-order valence-corrected chi connectivity index (χ4v) is 2.24. The Morgan fingerprint density at radius 2 is 2.11 bits per heavy atom. The van der Waals surface area contributed by atoms with E-state index in [1.54, 1.807) is 0 Å². The van der Waals surface area contributed by atoms with Crippen LogP contribution < -0.4 is 5.32 Å². The molecule has 0 fully saturated rings. The summed E-state index contributed by atoms with van der Waals surface area (Å²) in [5.41, 5.74) is 0.396. The van der Waals surface area contributed by atoms with Gasteiger partial charge in [0.25, 0.3) is 0 Å². The summed E-state index contributed by atoms with van der Waals surface area (Å²) in [6, 6.07) is 7.43. The molecule has 1 aromatic carbocycles. The normalized spacial score (nSPS) is 10.2. The number of hydrogen-bond acceptors (Lipinski definition) is 6. The molecule has 19 heavy (non-hydrogen) atoms. The van der Waals surface area contributed by atoms with Gasteiger partial charge >= 0.3 is 5.69 Å². The van der Waals surface area contributed by atoms with Crippen molar-refractivity contribution in [1.82, 2.24) is 9.97 Å². The summed E-state index contributed by atoms with van der Waals surface area (Å²) in [4.78, 5) is 18.8. The molecule has 1 aromatic heterocycles. The van der Waals surface area contributed by atoms with Gasteiger partial charge in [0.05, 0.1) is 10.6 Å². The van der Waals surface area contributed by atoms with Crippen LogP contribution in [-0.4, -0.2) is 21.1 Å². The Morgan fingerprint density at radius 3 is 2.79 bits per heavy atom. The quantitative estimate of drug-likeness (QED) is 0.402. The maximum atomic E-state index is 11.0. The van der Waals surface area contributed by atoms with Crippen molar-refractivity contribution in [3.8, 4) is 0 Å². The van der Waals surface area contributed by atoms with Crippen LogP contribution in [0.4, 0.5) is 17.2 Å². The first-order valence-electron chi connectivity index (χ1n) is 5.18. The van der Waals surface area contributed by atoms with Gasteiger partial charge in [-0.05, 0) is 18.4 Å². The molecule has 0 radical (unpaired) electrons. The lowest BCUT2D eigenvalue weighted by atomic mass is 10.3. The molecule has 0 saturated heterocycles. The summed E-state index contributed by atoms with van der Waals surface area (Å²) >= 11 is 7.25. The minimum absolute atomic E-state index is 0.0755. The number of para-hydroxylation sites is 1. The van der Waals surface area contributed by atoms with Gasteiger partial charge in [0.15, 0.2) is 0 Å². The lowest BCUT2D eigenvalue weighted by Crippen LogP contribution is -2.02. The molecule has 0 aliphatic rings. The van der Waals surface area contributed by atoms with Crippen LogP contribution in [0, 0.1) is 10.1 Å². The highest BCUT2D eigenvalue weighted by Crippen LogP contribution is 2.33. The summed E-state index contributed by atoms with van der Waals surface area (Å²) in [5.74, 6) is 0.0755. The highest BCUT2D eigenvalue weighted by Gasteiger charge is 2.22. The fourth-order valence-electron chi connectivity index (χ4n) is 1.49. The van der Waals surface area contributed by atoms with Crippen LogP contribution in [0.25, 0.3) is 0 Å². The zero-order valence-corrected chi connectivity index (χ0v) is 11.4. The molecule has 1 N–H and O–H groups in total. The van der Waals surface area contributed by atoms with E-state index in [1.807, 2.05) is 30.5 Å². The molecule has 0 bridgehead atoms. The summed E-state index contributed by atoms with van der Waals surface area (Å²) < 4.78 is 0. The minimum atomic E-state index is -0.605. The molecule has 0 spiro atoms. The number of halogens is 1. The molecule has 2 rings (SSSR count). The van der Waals surface area contributed by atoms with E-state index in [-0.39, 0.29) is 16.7 Å². The van der Waals surface area contributed by atoms with E-state index in [0.717, 1.165) is 10.6 Å². The summed E-state index contributed by atoms with van der Waals surface area (Å²) in [6.07, 6.45) is 3.10. The van der Waals surface area contributed by atoms with Gasteiger partial charge in [-0.3, -0.25) is 10.1 Å². The standard InChI is InChI=1S/C11H9ClN4O2S/c1-19-8-5-3-2-4-7(8)15-11-9(16(17)18)10(12)13-6-14-11/h2-6H,1H3,(H,13,14,15). The molecule has 0 amide bonds. The highest BCUT2D eigenvalue weighted by molar-refractivity contribution is 7.98. The zero-order valence-electron chi connectivity index (χ0n) is 9.83. The number of anilines is 2. The first kappa shape index (κ1) is 13.6. The molecular formula is C11H9ClN4O2S. The first-order valence-corrected chi connectivity index (χ1v) is 6.78. The van der Waals surface area contributed by atoms with Crippen LogP contribution in [0.15, 0.2) is 35.5 Å². The molecule has 0 saturated carbocycles. The summed E-state index contributed by atoms with van der Waals surface area (Å²) in [7, 11) is 0. The largest absolute Gasteiger partial charge is 0.348 e. The Bertz CT molecular complexity index is 623. The molecule has 0 atom stereocenters. The average Bonchev–Trinajstić information content (AvgIpc) is 2.39. The molecule has 0 unspecified atom stereocenters. The number of aromatic nitrogens is 2. The van der Waals surface area contributed by atoms with Crippen molar-refractivity contribution in [2.24, 2.45) is 0 Å². The first-order chi connectivity index (χ1) is 9.13. The number of benzene rings is 1. The van der Waals surface area contributed by atoms with Gasteiger partial charge < -0.3 is 5.32 Å². The second-order valence-corrected chi connectivity index (χ2v) is 4.65. The van der Waals surface area contributed by atoms with Crippen molar-refractivity contribution in [3.63, 3.8) is 0 Å². The Balaban J connectivity index is 2.44. The van der Waals surface area contributed by atoms with Gasteiger partial charge in [-0.25, -0.2) is 9.97 Å². The number of nitrogens with one attached hydrogen (secondary N) is 1. The summed E-state index contributed by atoms with van der Waals surface area (Å²) in [5, 5.41) is 13.7. The van der Waals surface area contributed by atoms with Crippen LogP contribution in [-0.2, 0) is 0 Å². The van der Waals surface area contributed by atoms with Crippen molar-refractivity contribution in [2.75, 3.05) is 11.6 Å². The van der Waals surface area contributed by atoms with Crippen molar-refractivity contribution in [1.29, 1.82) is 0 Å². The van der Waals surface area contributed by atoms with Crippen molar-refractivity contribution < 1.29 is 4.92 Å². The predicted octanol–water partition coefficient (Wildman–Crippen LogP) is 3.50. The molecule has 6 nitrogen and oxygen atoms in total. The zero-order chi connectivity index (χ0) is 13.8. The Hall–Kier alpha value is -1.86. The SMILES string of the molecule is CSc1ccccc1Nc1ncnc(Cl)c1[N+](=O)[O-]. The molecule has 8 heteroatoms. The van der Waals surface area contributed by atoms with E-state index in [2.05, 4.69) is 15.3 Å². The number of rotatable bonds is 4. The Morgan fingerprint density at radius 1 is 1.37 bits per heavy atom. The molecule has 0 aliphatic carbocycles. The minimum Gasteiger partial charge on any atom is -0.333 e. The second-order valence-electron chi connectivity index (χ2n) is 3.44. The predicted molar refractivity (Wildman–Crippen MR) is 75.2 cm³/mol. The Kier molecular flexibility index (Phi) is 4.18. The third-order valence-electron chi connectivity index (χ3n) is 2.32. The van der Waals surface area contributed by atoms with Gasteiger partial charge in [-0.15, -0.1) is 11.8 Å². The van der Waals surface area contributed by atoms with E-state index in [4.69, 9.17) is 11.6 Å². The van der Waals surface area contributed by atoms with Crippen LogP contribution in [0.5, 0.6) is 0 Å². The van der Waals surface area contributed by atoms with E-state index in [9.17, 15) is 10.1 Å². The molecule has 98 valence electrons. The molecular weight excluding hydrogens is 288 g/mol. The Labute approximate surface area is 118 Å². The lowest BCUT2D eigenvalue weighted by Gasteiger charge is -2.09.